The van der Waals surface area contributed by atoms with Gasteiger partial charge in [-0.2, -0.15) is 4.98 Å². The van der Waals surface area contributed by atoms with Gasteiger partial charge in [0.2, 0.25) is 5.88 Å². The lowest BCUT2D eigenvalue weighted by Gasteiger charge is -2.05. The fourth-order valence-electron chi connectivity index (χ4n) is 0.891. The fourth-order valence-corrected chi connectivity index (χ4v) is 1.33. The van der Waals surface area contributed by atoms with E-state index in [1.807, 2.05) is 0 Å². The summed E-state index contributed by atoms with van der Waals surface area (Å²) < 4.78 is 4.97. The summed E-state index contributed by atoms with van der Waals surface area (Å²) in [5.74, 6) is -0.877. The van der Waals surface area contributed by atoms with Gasteiger partial charge in [0, 0.05) is 0 Å². The lowest BCUT2D eigenvalue weighted by atomic mass is 10.3. The summed E-state index contributed by atoms with van der Waals surface area (Å²) in [6.45, 7) is 0. The van der Waals surface area contributed by atoms with Gasteiger partial charge in [-0.25, -0.2) is 0 Å². The number of halogens is 1. The van der Waals surface area contributed by atoms with Crippen LogP contribution in [0.3, 0.4) is 0 Å². The predicted octanol–water partition coefficient (Wildman–Crippen LogP) is 1.43. The first-order chi connectivity index (χ1) is 6.54. The summed E-state index contributed by atoms with van der Waals surface area (Å²) in [5, 5.41) is 8.71. The van der Waals surface area contributed by atoms with E-state index in [1.54, 1.807) is 0 Å². The van der Waals surface area contributed by atoms with Crippen LogP contribution in [0.2, 0.25) is 5.02 Å². The third kappa shape index (κ3) is 2.43. The van der Waals surface area contributed by atoms with Gasteiger partial charge < -0.3 is 14.8 Å². The Morgan fingerprint density at radius 1 is 1.79 bits per heavy atom. The molecule has 0 aliphatic heterocycles. The van der Waals surface area contributed by atoms with Crippen molar-refractivity contribution >= 4 is 29.8 Å². The molecule has 0 bridgehead atoms. The molecular weight excluding hydrogens is 228 g/mol. The number of carboxylic acids is 1. The maximum atomic E-state index is 10.5. The molecular formula is C7H7ClN2O3S. The van der Waals surface area contributed by atoms with Crippen LogP contribution in [-0.2, 0) is 11.2 Å². The molecule has 0 amide bonds. The number of aliphatic carboxylic acids is 1. The summed E-state index contributed by atoms with van der Waals surface area (Å²) in [6.07, 6.45) is -0.249. The Morgan fingerprint density at radius 3 is 2.93 bits per heavy atom. The molecule has 1 rings (SSSR count). The number of rotatable bonds is 3. The molecule has 0 radical (unpaired) electrons. The zero-order valence-electron chi connectivity index (χ0n) is 7.20. The van der Waals surface area contributed by atoms with Gasteiger partial charge in [-0.05, 0) is 12.2 Å². The second kappa shape index (κ2) is 4.39. The van der Waals surface area contributed by atoms with Crippen LogP contribution in [0.4, 0.5) is 0 Å². The SMILES string of the molecule is COc1nc(=S)[nH]c(CC(=O)O)c1Cl. The monoisotopic (exact) mass is 234 g/mol. The first-order valence-electron chi connectivity index (χ1n) is 3.59. The van der Waals surface area contributed by atoms with E-state index >= 15 is 0 Å². The highest BCUT2D eigenvalue weighted by Crippen LogP contribution is 2.24. The molecule has 0 unspecified atom stereocenters. The van der Waals surface area contributed by atoms with Crippen LogP contribution < -0.4 is 4.74 Å². The van der Waals surface area contributed by atoms with Crippen molar-refractivity contribution in [3.05, 3.63) is 15.5 Å². The number of hydrogen-bond donors (Lipinski definition) is 2. The Morgan fingerprint density at radius 2 is 2.43 bits per heavy atom. The number of methoxy groups -OCH3 is 1. The number of hydrogen-bond acceptors (Lipinski definition) is 4. The molecule has 0 saturated carbocycles. The number of aromatic amines is 1. The molecule has 0 atom stereocenters. The lowest BCUT2D eigenvalue weighted by molar-refractivity contribution is -0.136. The van der Waals surface area contributed by atoms with E-state index in [1.165, 1.54) is 7.11 Å². The molecule has 0 aliphatic rings. The lowest BCUT2D eigenvalue weighted by Crippen LogP contribution is -2.05. The average Bonchev–Trinajstić information content (AvgIpc) is 2.09. The number of ether oxygens (including phenoxy) is 1. The van der Waals surface area contributed by atoms with Gasteiger partial charge in [0.25, 0.3) is 0 Å². The molecule has 0 aromatic carbocycles. The van der Waals surface area contributed by atoms with Crippen molar-refractivity contribution in [3.8, 4) is 5.88 Å². The Bertz CT molecular complexity index is 418. The van der Waals surface area contributed by atoms with Crippen molar-refractivity contribution in [1.82, 2.24) is 9.97 Å². The maximum Gasteiger partial charge on any atom is 0.309 e. The molecule has 1 heterocycles. The first-order valence-corrected chi connectivity index (χ1v) is 4.37. The van der Waals surface area contributed by atoms with Crippen LogP contribution in [0.5, 0.6) is 5.88 Å². The minimum absolute atomic E-state index is 0.131. The minimum Gasteiger partial charge on any atom is -0.481 e. The van der Waals surface area contributed by atoms with Crippen LogP contribution in [0.25, 0.3) is 0 Å². The second-order valence-corrected chi connectivity index (χ2v) is 3.18. The quantitative estimate of drug-likeness (QED) is 0.774. The summed E-state index contributed by atoms with van der Waals surface area (Å²) >= 11 is 10.6. The maximum absolute atomic E-state index is 10.5. The van der Waals surface area contributed by atoms with Gasteiger partial charge in [0.15, 0.2) is 4.77 Å². The molecule has 0 aliphatic carbocycles. The van der Waals surface area contributed by atoms with Crippen molar-refractivity contribution in [1.29, 1.82) is 0 Å². The van der Waals surface area contributed by atoms with E-state index in [0.29, 0.717) is 0 Å². The first kappa shape index (κ1) is 10.9. The highest BCUT2D eigenvalue weighted by molar-refractivity contribution is 7.71. The number of nitrogens with one attached hydrogen (secondary N) is 1. The molecule has 76 valence electrons. The van der Waals surface area contributed by atoms with E-state index in [9.17, 15) is 4.79 Å². The van der Waals surface area contributed by atoms with E-state index in [-0.39, 0.29) is 27.8 Å². The van der Waals surface area contributed by atoms with Crippen LogP contribution in [0, 0.1) is 4.77 Å². The largest absolute Gasteiger partial charge is 0.481 e. The fraction of sp³-hybridized carbons (Fsp3) is 0.286. The normalized spacial score (nSPS) is 9.86. The predicted molar refractivity (Wildman–Crippen MR) is 52.3 cm³/mol. The van der Waals surface area contributed by atoms with Crippen molar-refractivity contribution in [3.63, 3.8) is 0 Å². The highest BCUT2D eigenvalue weighted by Gasteiger charge is 2.12. The van der Waals surface area contributed by atoms with E-state index < -0.39 is 5.97 Å². The van der Waals surface area contributed by atoms with Crippen molar-refractivity contribution in [2.24, 2.45) is 0 Å². The number of carboxylic acid groups (broad SMARTS) is 1. The van der Waals surface area contributed by atoms with E-state index in [4.69, 9.17) is 33.7 Å². The Hall–Kier alpha value is -1.14. The Kier molecular flexibility index (Phi) is 3.43. The zero-order valence-corrected chi connectivity index (χ0v) is 8.78. The van der Waals surface area contributed by atoms with E-state index in [0.717, 1.165) is 0 Å². The zero-order chi connectivity index (χ0) is 10.7. The minimum atomic E-state index is -1.01. The summed E-state index contributed by atoms with van der Waals surface area (Å²) in [5.41, 5.74) is 0.288. The summed E-state index contributed by atoms with van der Waals surface area (Å²) in [4.78, 5) is 16.8. The second-order valence-electron chi connectivity index (χ2n) is 2.41. The Balaban J connectivity index is 3.22. The van der Waals surface area contributed by atoms with Crippen LogP contribution >= 0.6 is 23.8 Å². The van der Waals surface area contributed by atoms with Crippen molar-refractivity contribution in [2.75, 3.05) is 7.11 Å². The van der Waals surface area contributed by atoms with Gasteiger partial charge >= 0.3 is 5.97 Å². The van der Waals surface area contributed by atoms with Crippen molar-refractivity contribution in [2.45, 2.75) is 6.42 Å². The number of H-pyrrole nitrogens is 1. The number of aromatic nitrogens is 2. The highest BCUT2D eigenvalue weighted by atomic mass is 35.5. The Labute approximate surface area is 89.7 Å². The molecule has 7 heteroatoms. The summed E-state index contributed by atoms with van der Waals surface area (Å²) in [6, 6.07) is 0. The van der Waals surface area contributed by atoms with Gasteiger partial charge in [-0.15, -0.1) is 0 Å². The average molecular weight is 235 g/mol. The standard InChI is InChI=1S/C7H7ClN2O3S/c1-13-6-5(8)3(2-4(11)12)9-7(14)10-6/h2H2,1H3,(H,11,12)(H,9,10,14). The van der Waals surface area contributed by atoms with Crippen LogP contribution in [0.15, 0.2) is 0 Å². The molecule has 0 spiro atoms. The van der Waals surface area contributed by atoms with Crippen molar-refractivity contribution < 1.29 is 14.6 Å². The van der Waals surface area contributed by atoms with Gasteiger partial charge in [-0.3, -0.25) is 4.79 Å². The summed E-state index contributed by atoms with van der Waals surface area (Å²) in [7, 11) is 1.38. The molecule has 2 N–H and O–H groups in total. The topological polar surface area (TPSA) is 75.2 Å². The third-order valence-electron chi connectivity index (χ3n) is 1.43. The van der Waals surface area contributed by atoms with Gasteiger partial charge in [-0.1, -0.05) is 11.6 Å². The number of carbonyl (C=O) groups is 1. The number of nitrogens with zero attached hydrogens (tertiary/aromatic N) is 1. The van der Waals surface area contributed by atoms with Crippen LogP contribution in [0.1, 0.15) is 5.69 Å². The third-order valence-corrected chi connectivity index (χ3v) is 2.02. The molecule has 0 fully saturated rings. The smallest absolute Gasteiger partial charge is 0.309 e. The van der Waals surface area contributed by atoms with Gasteiger partial charge in [0.05, 0.1) is 19.2 Å². The van der Waals surface area contributed by atoms with Crippen LogP contribution in [-0.4, -0.2) is 28.2 Å². The molecule has 0 saturated heterocycles. The molecule has 1 aromatic heterocycles. The molecule has 5 nitrogen and oxygen atoms in total. The van der Waals surface area contributed by atoms with Gasteiger partial charge in [0.1, 0.15) is 5.02 Å². The van der Waals surface area contributed by atoms with E-state index in [2.05, 4.69) is 9.97 Å². The molecule has 1 aromatic rings. The molecule has 14 heavy (non-hydrogen) atoms.